The number of carbonyl (C=O) groups is 2. The van der Waals surface area contributed by atoms with Crippen LogP contribution >= 0.6 is 11.6 Å². The molecule has 0 radical (unpaired) electrons. The van der Waals surface area contributed by atoms with Gasteiger partial charge in [0.25, 0.3) is 0 Å². The molecular weight excluding hydrogens is 426 g/mol. The molecule has 6 nitrogen and oxygen atoms in total. The normalized spacial score (nSPS) is 16.6. The van der Waals surface area contributed by atoms with Crippen LogP contribution in [0.4, 0.5) is 5.69 Å². The molecule has 2 unspecified atom stereocenters. The van der Waals surface area contributed by atoms with Crippen molar-refractivity contribution in [2.24, 2.45) is 5.92 Å². The summed E-state index contributed by atoms with van der Waals surface area (Å²) in [6.07, 6.45) is 2.21. The van der Waals surface area contributed by atoms with E-state index >= 15 is 0 Å². The van der Waals surface area contributed by atoms with Crippen LogP contribution in [0.1, 0.15) is 30.6 Å². The van der Waals surface area contributed by atoms with Crippen molar-refractivity contribution >= 4 is 29.1 Å². The van der Waals surface area contributed by atoms with Crippen LogP contribution in [0.3, 0.4) is 0 Å². The number of nitrogens with one attached hydrogen (secondary N) is 1. The molecule has 164 valence electrons. The number of halogens is 1. The minimum Gasteiger partial charge on any atom is -0.487 e. The fourth-order valence-corrected chi connectivity index (χ4v) is 3.84. The van der Waals surface area contributed by atoms with Crippen molar-refractivity contribution in [3.8, 4) is 5.75 Å². The summed E-state index contributed by atoms with van der Waals surface area (Å²) in [7, 11) is 0. The lowest BCUT2D eigenvalue weighted by molar-refractivity contribution is -0.132. The zero-order chi connectivity index (χ0) is 22.5. The highest BCUT2D eigenvalue weighted by Crippen LogP contribution is 2.27. The minimum atomic E-state index is -0.697. The number of nitrogens with zero attached hydrogens (tertiary/aromatic N) is 2. The molecule has 1 aliphatic heterocycles. The molecule has 1 aromatic heterocycles. The quantitative estimate of drug-likeness (QED) is 0.537. The Balaban J connectivity index is 1.36. The second kappa shape index (κ2) is 9.83. The molecular formula is C25H24ClN3O3. The number of benzene rings is 2. The van der Waals surface area contributed by atoms with E-state index in [1.165, 1.54) is 0 Å². The van der Waals surface area contributed by atoms with Gasteiger partial charge in [0.15, 0.2) is 0 Å². The van der Waals surface area contributed by atoms with Crippen LogP contribution in [0.5, 0.6) is 5.75 Å². The van der Waals surface area contributed by atoms with Crippen LogP contribution in [0.2, 0.25) is 5.02 Å². The first-order valence-electron chi connectivity index (χ1n) is 10.5. The molecule has 0 bridgehead atoms. The molecule has 1 saturated heterocycles. The zero-order valence-corrected chi connectivity index (χ0v) is 18.5. The number of anilines is 1. The number of pyridine rings is 1. The number of rotatable bonds is 7. The highest BCUT2D eigenvalue weighted by Gasteiger charge is 2.38. The largest absolute Gasteiger partial charge is 0.487 e. The standard InChI is InChI=1S/C25H24ClN3O3/c1-17(18-5-4-7-22(15-18)32-16-20-6-2-3-13-27-20)28-24(30)23-12-14-29(25(23)31)21-10-8-19(26)9-11-21/h2-11,13,15,17,23H,12,14,16H2,1H3,(H,28,30). The van der Waals surface area contributed by atoms with Gasteiger partial charge in [0.2, 0.25) is 11.8 Å². The summed E-state index contributed by atoms with van der Waals surface area (Å²) in [5.41, 5.74) is 2.49. The SMILES string of the molecule is CC(NC(=O)C1CCN(c2ccc(Cl)cc2)C1=O)c1cccc(OCc2ccccn2)c1. The molecule has 2 atom stereocenters. The van der Waals surface area contributed by atoms with Crippen molar-refractivity contribution in [2.75, 3.05) is 11.4 Å². The lowest BCUT2D eigenvalue weighted by Crippen LogP contribution is -2.38. The van der Waals surface area contributed by atoms with Gasteiger partial charge in [-0.25, -0.2) is 0 Å². The van der Waals surface area contributed by atoms with Crippen molar-refractivity contribution in [3.63, 3.8) is 0 Å². The molecule has 1 fully saturated rings. The lowest BCUT2D eigenvalue weighted by Gasteiger charge is -2.19. The highest BCUT2D eigenvalue weighted by molar-refractivity contribution is 6.30. The van der Waals surface area contributed by atoms with Crippen LogP contribution < -0.4 is 15.0 Å². The molecule has 4 rings (SSSR count). The van der Waals surface area contributed by atoms with E-state index in [4.69, 9.17) is 16.3 Å². The second-order valence-electron chi connectivity index (χ2n) is 7.72. The maximum absolute atomic E-state index is 12.8. The average molecular weight is 450 g/mol. The Labute approximate surface area is 192 Å². The van der Waals surface area contributed by atoms with Gasteiger partial charge in [-0.2, -0.15) is 0 Å². The van der Waals surface area contributed by atoms with Crippen LogP contribution in [0.25, 0.3) is 0 Å². The van der Waals surface area contributed by atoms with E-state index in [1.54, 1.807) is 35.4 Å². The molecule has 1 N–H and O–H groups in total. The van der Waals surface area contributed by atoms with E-state index in [0.29, 0.717) is 30.3 Å². The van der Waals surface area contributed by atoms with Crippen LogP contribution in [-0.2, 0) is 16.2 Å². The molecule has 0 saturated carbocycles. The fraction of sp³-hybridized carbons (Fsp3) is 0.240. The summed E-state index contributed by atoms with van der Waals surface area (Å²) in [4.78, 5) is 31.6. The van der Waals surface area contributed by atoms with E-state index in [9.17, 15) is 9.59 Å². The van der Waals surface area contributed by atoms with Crippen molar-refractivity contribution < 1.29 is 14.3 Å². The summed E-state index contributed by atoms with van der Waals surface area (Å²) in [5.74, 6) is -0.458. The topological polar surface area (TPSA) is 71.5 Å². The van der Waals surface area contributed by atoms with Crippen LogP contribution in [0, 0.1) is 5.92 Å². The minimum absolute atomic E-state index is 0.190. The maximum Gasteiger partial charge on any atom is 0.239 e. The molecule has 1 aliphatic rings. The third-order valence-corrected chi connectivity index (χ3v) is 5.74. The first-order valence-corrected chi connectivity index (χ1v) is 10.9. The van der Waals surface area contributed by atoms with E-state index in [2.05, 4.69) is 10.3 Å². The van der Waals surface area contributed by atoms with Gasteiger partial charge >= 0.3 is 0 Å². The molecule has 7 heteroatoms. The third-order valence-electron chi connectivity index (χ3n) is 5.49. The Morgan fingerprint density at radius 2 is 2.00 bits per heavy atom. The monoisotopic (exact) mass is 449 g/mol. The highest BCUT2D eigenvalue weighted by atomic mass is 35.5. The smallest absolute Gasteiger partial charge is 0.239 e. The van der Waals surface area contributed by atoms with Crippen molar-refractivity contribution in [3.05, 3.63) is 89.2 Å². The van der Waals surface area contributed by atoms with Gasteiger partial charge in [-0.1, -0.05) is 29.8 Å². The number of amides is 2. The van der Waals surface area contributed by atoms with Gasteiger partial charge in [0.1, 0.15) is 18.3 Å². The van der Waals surface area contributed by atoms with Crippen LogP contribution in [0.15, 0.2) is 72.9 Å². The molecule has 2 heterocycles. The van der Waals surface area contributed by atoms with Gasteiger partial charge in [0, 0.05) is 23.5 Å². The Morgan fingerprint density at radius 3 is 2.75 bits per heavy atom. The Bertz CT molecular complexity index is 1090. The van der Waals surface area contributed by atoms with E-state index in [-0.39, 0.29) is 17.9 Å². The predicted octanol–water partition coefficient (Wildman–Crippen LogP) is 4.54. The van der Waals surface area contributed by atoms with Gasteiger partial charge in [-0.05, 0) is 67.4 Å². The first kappa shape index (κ1) is 21.8. The second-order valence-corrected chi connectivity index (χ2v) is 8.16. The number of hydrogen-bond donors (Lipinski definition) is 1. The molecule has 0 spiro atoms. The third kappa shape index (κ3) is 5.08. The summed E-state index contributed by atoms with van der Waals surface area (Å²) in [6.45, 7) is 2.76. The van der Waals surface area contributed by atoms with Gasteiger partial charge < -0.3 is 15.0 Å². The summed E-state index contributed by atoms with van der Waals surface area (Å²) >= 11 is 5.93. The van der Waals surface area contributed by atoms with Gasteiger partial charge in [-0.15, -0.1) is 0 Å². The van der Waals surface area contributed by atoms with Gasteiger partial charge in [-0.3, -0.25) is 14.6 Å². The molecule has 32 heavy (non-hydrogen) atoms. The summed E-state index contributed by atoms with van der Waals surface area (Å²) < 4.78 is 5.83. The Kier molecular flexibility index (Phi) is 6.71. The fourth-order valence-electron chi connectivity index (χ4n) is 3.71. The number of aromatic nitrogens is 1. The number of carbonyl (C=O) groups excluding carboxylic acids is 2. The average Bonchev–Trinajstić information content (AvgIpc) is 3.20. The zero-order valence-electron chi connectivity index (χ0n) is 17.7. The van der Waals surface area contributed by atoms with Crippen LogP contribution in [-0.4, -0.2) is 23.3 Å². The number of ether oxygens (including phenoxy) is 1. The first-order chi connectivity index (χ1) is 15.5. The summed E-state index contributed by atoms with van der Waals surface area (Å²) in [5, 5.41) is 3.58. The lowest BCUT2D eigenvalue weighted by atomic mass is 10.0. The Morgan fingerprint density at radius 1 is 1.19 bits per heavy atom. The maximum atomic E-state index is 12.8. The molecule has 2 amide bonds. The van der Waals surface area contributed by atoms with E-state index < -0.39 is 5.92 Å². The molecule has 0 aliphatic carbocycles. The number of hydrogen-bond acceptors (Lipinski definition) is 4. The Hall–Kier alpha value is -3.38. The van der Waals surface area contributed by atoms with Crippen molar-refractivity contribution in [2.45, 2.75) is 26.0 Å². The van der Waals surface area contributed by atoms with E-state index in [0.717, 1.165) is 16.9 Å². The molecule has 2 aromatic carbocycles. The van der Waals surface area contributed by atoms with Crippen molar-refractivity contribution in [1.82, 2.24) is 10.3 Å². The summed E-state index contributed by atoms with van der Waals surface area (Å²) in [6, 6.07) is 20.0. The predicted molar refractivity (Wildman–Crippen MR) is 123 cm³/mol. The van der Waals surface area contributed by atoms with Crippen molar-refractivity contribution in [1.29, 1.82) is 0 Å². The van der Waals surface area contributed by atoms with Gasteiger partial charge in [0.05, 0.1) is 11.7 Å². The molecule has 3 aromatic rings. The van der Waals surface area contributed by atoms with E-state index in [1.807, 2.05) is 49.4 Å².